The first kappa shape index (κ1) is 28.2. The van der Waals surface area contributed by atoms with E-state index in [0.717, 1.165) is 6.07 Å². The second-order valence-corrected chi connectivity index (χ2v) is 9.94. The fourth-order valence-corrected chi connectivity index (χ4v) is 5.12. The smallest absolute Gasteiger partial charge is 0.197 e. The molecule has 40 heavy (non-hydrogen) atoms. The Hall–Kier alpha value is -3.31. The summed E-state index contributed by atoms with van der Waals surface area (Å²) >= 11 is 0. The van der Waals surface area contributed by atoms with E-state index in [9.17, 15) is 55.9 Å². The van der Waals surface area contributed by atoms with E-state index in [1.165, 1.54) is 24.3 Å². The Labute approximate surface area is 224 Å². The van der Waals surface area contributed by atoms with E-state index in [2.05, 4.69) is 0 Å². The largest absolute Gasteiger partial charge is 0.508 e. The van der Waals surface area contributed by atoms with Crippen LogP contribution in [0.3, 0.4) is 0 Å². The summed E-state index contributed by atoms with van der Waals surface area (Å²) in [6.45, 7) is -2.37. The number of phenolic OH excluding ortho intramolecular Hbond substituents is 3. The highest BCUT2D eigenvalue weighted by atomic mass is 16.6. The molecular weight excluding hydrogens is 536 g/mol. The molecule has 14 heteroatoms. The number of fused-ring (bicyclic) bond motifs is 1. The fourth-order valence-electron chi connectivity index (χ4n) is 5.12. The lowest BCUT2D eigenvalue weighted by Gasteiger charge is -2.40. The number of rotatable bonds is 5. The summed E-state index contributed by atoms with van der Waals surface area (Å²) in [6, 6.07) is 6.49. The summed E-state index contributed by atoms with van der Waals surface area (Å²) in [4.78, 5) is 13.4. The molecule has 3 aromatic rings. The van der Waals surface area contributed by atoms with Crippen LogP contribution < -0.4 is 5.43 Å². The first-order chi connectivity index (χ1) is 18.9. The Balaban J connectivity index is 1.80. The van der Waals surface area contributed by atoms with Gasteiger partial charge in [0.1, 0.15) is 76.7 Å². The van der Waals surface area contributed by atoms with Crippen molar-refractivity contribution in [3.05, 3.63) is 51.7 Å². The number of aliphatic hydroxyl groups is 7. The number of aromatic hydroxyl groups is 3. The van der Waals surface area contributed by atoms with Crippen molar-refractivity contribution in [3.63, 3.8) is 0 Å². The lowest BCUT2D eigenvalue weighted by atomic mass is 9.86. The van der Waals surface area contributed by atoms with E-state index in [0.29, 0.717) is 5.56 Å². The summed E-state index contributed by atoms with van der Waals surface area (Å²) in [7, 11) is 0. The minimum absolute atomic E-state index is 0.0715. The molecule has 2 aliphatic heterocycles. The van der Waals surface area contributed by atoms with Gasteiger partial charge in [0.25, 0.3) is 0 Å². The Morgan fingerprint density at radius 3 is 2.15 bits per heavy atom. The maximum Gasteiger partial charge on any atom is 0.197 e. The summed E-state index contributed by atoms with van der Waals surface area (Å²) < 4.78 is 16.9. The highest BCUT2D eigenvalue weighted by Gasteiger charge is 2.52. The van der Waals surface area contributed by atoms with Crippen molar-refractivity contribution >= 4 is 11.0 Å². The Bertz CT molecular complexity index is 1470. The SMILES string of the molecule is O=c1cc(-c2ccc(O)cc2)oc2c([C@@H]3OC[C@](O)(CO)[C@H]3O)c(O)c([C@@H]3O[C@H](CO)[C@@H](O)[C@H](O)[C@H]3O)c(O)c12. The molecule has 10 N–H and O–H groups in total. The predicted molar refractivity (Wildman–Crippen MR) is 132 cm³/mol. The quantitative estimate of drug-likeness (QED) is 0.165. The van der Waals surface area contributed by atoms with E-state index in [1.807, 2.05) is 0 Å². The number of benzene rings is 2. The zero-order chi connectivity index (χ0) is 29.1. The molecule has 0 unspecified atom stereocenters. The van der Waals surface area contributed by atoms with Gasteiger partial charge in [-0.25, -0.2) is 0 Å². The molecule has 2 fully saturated rings. The van der Waals surface area contributed by atoms with Crippen LogP contribution in [-0.2, 0) is 9.47 Å². The van der Waals surface area contributed by atoms with Gasteiger partial charge in [0.05, 0.1) is 30.9 Å². The third-order valence-corrected chi connectivity index (χ3v) is 7.43. The molecule has 0 radical (unpaired) electrons. The molecule has 2 aromatic carbocycles. The standard InChI is InChI=1S/C26H28O14/c27-6-13-17(31)20(34)21(35)23(40-13)15-18(32)14-11(30)5-12(9-1-3-10(29)4-2-9)39-22(14)16(19(15)33)24-25(36)26(37,7-28)8-38-24/h1-5,13,17,20-21,23-25,27-29,31-37H,6-8H2/t13-,17-,20+,21-,23+,24+,25+,26-/m1/s1. The van der Waals surface area contributed by atoms with Gasteiger partial charge < -0.3 is 65.0 Å². The highest BCUT2D eigenvalue weighted by Crippen LogP contribution is 2.51. The third-order valence-electron chi connectivity index (χ3n) is 7.43. The Morgan fingerprint density at radius 2 is 1.55 bits per heavy atom. The molecule has 2 aliphatic rings. The summed E-state index contributed by atoms with van der Waals surface area (Å²) in [6.07, 6.45) is -12.4. The summed E-state index contributed by atoms with van der Waals surface area (Å²) in [5.41, 5.74) is -4.34. The van der Waals surface area contributed by atoms with Gasteiger partial charge >= 0.3 is 0 Å². The van der Waals surface area contributed by atoms with Gasteiger partial charge in [0.2, 0.25) is 0 Å². The van der Waals surface area contributed by atoms with Crippen LogP contribution in [0.1, 0.15) is 23.3 Å². The van der Waals surface area contributed by atoms with Crippen LogP contribution in [0.15, 0.2) is 39.5 Å². The zero-order valence-corrected chi connectivity index (χ0v) is 20.7. The van der Waals surface area contributed by atoms with Gasteiger partial charge in [-0.3, -0.25) is 4.79 Å². The number of hydrogen-bond donors (Lipinski definition) is 10. The molecule has 0 bridgehead atoms. The molecular formula is C26H28O14. The first-order valence-corrected chi connectivity index (χ1v) is 12.2. The first-order valence-electron chi connectivity index (χ1n) is 12.2. The van der Waals surface area contributed by atoms with Gasteiger partial charge in [-0.2, -0.15) is 0 Å². The zero-order valence-electron chi connectivity index (χ0n) is 20.7. The minimum atomic E-state index is -2.18. The van der Waals surface area contributed by atoms with Crippen molar-refractivity contribution < 1.29 is 65.0 Å². The molecule has 5 rings (SSSR count). The molecule has 0 aliphatic carbocycles. The van der Waals surface area contributed by atoms with Crippen LogP contribution in [-0.4, -0.2) is 107 Å². The minimum Gasteiger partial charge on any atom is -0.508 e. The van der Waals surface area contributed by atoms with Crippen molar-refractivity contribution in [2.24, 2.45) is 0 Å². The van der Waals surface area contributed by atoms with Crippen molar-refractivity contribution in [2.45, 2.75) is 48.3 Å². The van der Waals surface area contributed by atoms with Crippen LogP contribution in [0.5, 0.6) is 17.2 Å². The van der Waals surface area contributed by atoms with Crippen LogP contribution >= 0.6 is 0 Å². The summed E-state index contributed by atoms with van der Waals surface area (Å²) in [5, 5.41) is 104. The normalized spacial score (nSPS) is 32.5. The number of aliphatic hydroxyl groups excluding tert-OH is 6. The second kappa shape index (κ2) is 10.3. The molecule has 0 amide bonds. The van der Waals surface area contributed by atoms with Gasteiger partial charge in [0, 0.05) is 11.6 Å². The lowest BCUT2D eigenvalue weighted by molar-refractivity contribution is -0.232. The van der Waals surface area contributed by atoms with Crippen LogP contribution in [0, 0.1) is 0 Å². The maximum absolute atomic E-state index is 13.4. The third kappa shape index (κ3) is 4.30. The number of hydrogen-bond acceptors (Lipinski definition) is 14. The van der Waals surface area contributed by atoms with Gasteiger partial charge in [0.15, 0.2) is 11.0 Å². The number of ether oxygens (including phenoxy) is 2. The molecule has 2 saturated heterocycles. The van der Waals surface area contributed by atoms with E-state index in [-0.39, 0.29) is 11.5 Å². The molecule has 14 nitrogen and oxygen atoms in total. The van der Waals surface area contributed by atoms with Crippen LogP contribution in [0.2, 0.25) is 0 Å². The Morgan fingerprint density at radius 1 is 0.875 bits per heavy atom. The summed E-state index contributed by atoms with van der Waals surface area (Å²) in [5.74, 6) is -2.01. The molecule has 0 saturated carbocycles. The second-order valence-electron chi connectivity index (χ2n) is 9.94. The molecule has 1 aromatic heterocycles. The Kier molecular flexibility index (Phi) is 7.24. The average molecular weight is 564 g/mol. The fraction of sp³-hybridized carbons (Fsp3) is 0.423. The van der Waals surface area contributed by atoms with Gasteiger partial charge in [-0.15, -0.1) is 0 Å². The van der Waals surface area contributed by atoms with E-state index >= 15 is 0 Å². The van der Waals surface area contributed by atoms with E-state index in [1.54, 1.807) is 0 Å². The number of phenols is 3. The van der Waals surface area contributed by atoms with Crippen molar-refractivity contribution in [3.8, 4) is 28.6 Å². The van der Waals surface area contributed by atoms with Crippen LogP contribution in [0.4, 0.5) is 0 Å². The molecule has 3 heterocycles. The van der Waals surface area contributed by atoms with Crippen molar-refractivity contribution in [1.82, 2.24) is 0 Å². The van der Waals surface area contributed by atoms with Gasteiger partial charge in [-0.1, -0.05) is 0 Å². The van der Waals surface area contributed by atoms with Crippen molar-refractivity contribution in [1.29, 1.82) is 0 Å². The molecule has 0 spiro atoms. The predicted octanol–water partition coefficient (Wildman–Crippen LogP) is -1.75. The molecule has 8 atom stereocenters. The van der Waals surface area contributed by atoms with Crippen LogP contribution in [0.25, 0.3) is 22.3 Å². The van der Waals surface area contributed by atoms with E-state index < -0.39 is 107 Å². The monoisotopic (exact) mass is 564 g/mol. The maximum atomic E-state index is 13.4. The van der Waals surface area contributed by atoms with Gasteiger partial charge in [-0.05, 0) is 24.3 Å². The lowest BCUT2D eigenvalue weighted by Crippen LogP contribution is -2.55. The molecule has 216 valence electrons. The highest BCUT2D eigenvalue weighted by molar-refractivity contribution is 5.92. The van der Waals surface area contributed by atoms with E-state index in [4.69, 9.17) is 13.9 Å². The van der Waals surface area contributed by atoms with Crippen molar-refractivity contribution in [2.75, 3.05) is 19.8 Å². The average Bonchev–Trinajstić information content (AvgIpc) is 3.22. The topological polar surface area (TPSA) is 251 Å².